The largest absolute Gasteiger partial charge is 0.311 e. The Balaban J connectivity index is 1.02. The molecule has 0 fully saturated rings. The summed E-state index contributed by atoms with van der Waals surface area (Å²) in [6.07, 6.45) is 0. The van der Waals surface area contributed by atoms with Crippen LogP contribution in [-0.4, -0.2) is 0 Å². The van der Waals surface area contributed by atoms with Gasteiger partial charge in [0.1, 0.15) is 0 Å². The summed E-state index contributed by atoms with van der Waals surface area (Å²) >= 11 is 0. The first kappa shape index (κ1) is 32.9. The molecule has 266 valence electrons. The van der Waals surface area contributed by atoms with Crippen LogP contribution < -0.4 is 4.90 Å². The van der Waals surface area contributed by atoms with E-state index in [1.54, 1.807) is 0 Å². The van der Waals surface area contributed by atoms with Gasteiger partial charge in [-0.05, 0) is 136 Å². The van der Waals surface area contributed by atoms with E-state index in [2.05, 4.69) is 229 Å². The molecule has 0 amide bonds. The van der Waals surface area contributed by atoms with Crippen LogP contribution in [0.3, 0.4) is 0 Å². The second-order valence-corrected chi connectivity index (χ2v) is 14.9. The highest BCUT2D eigenvalue weighted by Crippen LogP contribution is 2.42. The zero-order chi connectivity index (χ0) is 37.7. The normalized spacial score (nSPS) is 11.5. The van der Waals surface area contributed by atoms with Crippen LogP contribution >= 0.6 is 0 Å². The molecule has 0 saturated carbocycles. The fourth-order valence-corrected chi connectivity index (χ4v) is 8.77. The van der Waals surface area contributed by atoms with E-state index in [4.69, 9.17) is 0 Å². The fourth-order valence-electron chi connectivity index (χ4n) is 8.77. The molecule has 0 spiro atoms. The van der Waals surface area contributed by atoms with Crippen molar-refractivity contribution in [2.75, 3.05) is 4.90 Å². The van der Waals surface area contributed by atoms with Crippen molar-refractivity contribution in [2.24, 2.45) is 0 Å². The van der Waals surface area contributed by atoms with Gasteiger partial charge < -0.3 is 4.90 Å². The smallest absolute Gasteiger partial charge is 0.0462 e. The van der Waals surface area contributed by atoms with Gasteiger partial charge in [0.2, 0.25) is 0 Å². The minimum absolute atomic E-state index is 1.10. The van der Waals surface area contributed by atoms with E-state index in [0.29, 0.717) is 0 Å². The lowest BCUT2D eigenvalue weighted by Crippen LogP contribution is -2.09. The Kier molecular flexibility index (Phi) is 7.89. The molecular weight excluding hydrogens is 687 g/mol. The molecule has 0 saturated heterocycles. The van der Waals surface area contributed by atoms with Crippen molar-refractivity contribution in [3.8, 4) is 33.4 Å². The molecular formula is C56H37N. The Morgan fingerprint density at radius 1 is 0.228 bits per heavy atom. The van der Waals surface area contributed by atoms with Crippen LogP contribution in [0.2, 0.25) is 0 Å². The molecule has 0 aliphatic carbocycles. The number of rotatable bonds is 6. The number of benzene rings is 11. The van der Waals surface area contributed by atoms with Gasteiger partial charge in [-0.3, -0.25) is 0 Å². The minimum Gasteiger partial charge on any atom is -0.311 e. The first-order valence-electron chi connectivity index (χ1n) is 19.7. The van der Waals surface area contributed by atoms with Crippen LogP contribution in [0.15, 0.2) is 224 Å². The molecule has 0 heterocycles. The minimum atomic E-state index is 1.10. The van der Waals surface area contributed by atoms with E-state index in [-0.39, 0.29) is 0 Å². The molecule has 0 unspecified atom stereocenters. The van der Waals surface area contributed by atoms with Crippen molar-refractivity contribution in [1.29, 1.82) is 0 Å². The summed E-state index contributed by atoms with van der Waals surface area (Å²) < 4.78 is 0. The van der Waals surface area contributed by atoms with Crippen molar-refractivity contribution >= 4 is 70.9 Å². The Hall–Kier alpha value is -7.48. The number of hydrogen-bond acceptors (Lipinski definition) is 1. The Morgan fingerprint density at radius 2 is 0.667 bits per heavy atom. The van der Waals surface area contributed by atoms with Crippen LogP contribution in [0.1, 0.15) is 0 Å². The maximum absolute atomic E-state index is 2.39. The predicted octanol–water partition coefficient (Wildman–Crippen LogP) is 15.9. The van der Waals surface area contributed by atoms with E-state index in [1.807, 2.05) is 0 Å². The lowest BCUT2D eigenvalue weighted by molar-refractivity contribution is 1.28. The van der Waals surface area contributed by atoms with Crippen molar-refractivity contribution < 1.29 is 0 Å². The molecule has 0 radical (unpaired) electrons. The van der Waals surface area contributed by atoms with Crippen molar-refractivity contribution in [1.82, 2.24) is 0 Å². The predicted molar refractivity (Wildman–Crippen MR) is 245 cm³/mol. The number of nitrogens with zero attached hydrogens (tertiary/aromatic N) is 1. The molecule has 0 atom stereocenters. The summed E-state index contributed by atoms with van der Waals surface area (Å²) in [5, 5.41) is 12.8. The van der Waals surface area contributed by atoms with E-state index in [1.165, 1.54) is 87.2 Å². The van der Waals surface area contributed by atoms with Gasteiger partial charge in [0.05, 0.1) is 0 Å². The van der Waals surface area contributed by atoms with Crippen LogP contribution in [0.25, 0.3) is 87.2 Å². The maximum atomic E-state index is 2.39. The summed E-state index contributed by atoms with van der Waals surface area (Å²) in [6, 6.07) is 82.0. The molecule has 0 aliphatic heterocycles. The van der Waals surface area contributed by atoms with Gasteiger partial charge in [-0.15, -0.1) is 0 Å². The third-order valence-corrected chi connectivity index (χ3v) is 11.6. The van der Waals surface area contributed by atoms with Gasteiger partial charge in [0.25, 0.3) is 0 Å². The van der Waals surface area contributed by atoms with Gasteiger partial charge in [0, 0.05) is 17.1 Å². The lowest BCUT2D eigenvalue weighted by Gasteiger charge is -2.26. The summed E-state index contributed by atoms with van der Waals surface area (Å²) in [4.78, 5) is 2.36. The van der Waals surface area contributed by atoms with Crippen LogP contribution in [0.4, 0.5) is 17.1 Å². The average Bonchev–Trinajstić information content (AvgIpc) is 3.29. The number of fused-ring (bicyclic) bond motifs is 8. The summed E-state index contributed by atoms with van der Waals surface area (Å²) in [5.41, 5.74) is 10.6. The Morgan fingerprint density at radius 3 is 1.35 bits per heavy atom. The highest BCUT2D eigenvalue weighted by atomic mass is 15.1. The van der Waals surface area contributed by atoms with E-state index in [0.717, 1.165) is 17.1 Å². The number of hydrogen-bond donors (Lipinski definition) is 0. The van der Waals surface area contributed by atoms with Crippen molar-refractivity contribution in [2.45, 2.75) is 0 Å². The highest BCUT2D eigenvalue weighted by molar-refractivity contribution is 6.29. The Bertz CT molecular complexity index is 3250. The highest BCUT2D eigenvalue weighted by Gasteiger charge is 2.16. The molecule has 0 bridgehead atoms. The first-order valence-corrected chi connectivity index (χ1v) is 19.7. The molecule has 1 nitrogen and oxygen atoms in total. The standard InChI is InChI=1S/C56H37N/c1-2-10-38(11-3-1)40-24-30-48(31-25-40)57(49-32-26-41(27-33-49)46-22-18-39-12-4-5-14-45(39)36-46)50-34-28-43(29-35-50)54-37-47-23-21-44-20-19-42-13-6-7-15-51(42)55(44)56(47)53-17-9-8-16-52(53)54/h1-37H. The molecule has 0 aromatic heterocycles. The molecule has 11 aromatic rings. The summed E-state index contributed by atoms with van der Waals surface area (Å²) in [7, 11) is 0. The van der Waals surface area contributed by atoms with E-state index < -0.39 is 0 Å². The molecule has 0 aliphatic rings. The third kappa shape index (κ3) is 5.80. The quantitative estimate of drug-likeness (QED) is 0.154. The zero-order valence-corrected chi connectivity index (χ0v) is 31.3. The maximum Gasteiger partial charge on any atom is 0.0462 e. The van der Waals surface area contributed by atoms with Gasteiger partial charge in [-0.1, -0.05) is 176 Å². The average molecular weight is 724 g/mol. The Labute approximate surface area is 332 Å². The molecule has 57 heavy (non-hydrogen) atoms. The monoisotopic (exact) mass is 723 g/mol. The van der Waals surface area contributed by atoms with E-state index >= 15 is 0 Å². The number of anilines is 3. The SMILES string of the molecule is c1ccc(-c2ccc(N(c3ccc(-c4ccc5ccccc5c4)cc3)c3ccc(-c4cc5ccc6ccc7ccccc7c6c5c5ccccc45)cc3)cc2)cc1. The topological polar surface area (TPSA) is 3.24 Å². The third-order valence-electron chi connectivity index (χ3n) is 11.6. The van der Waals surface area contributed by atoms with Gasteiger partial charge in [-0.2, -0.15) is 0 Å². The van der Waals surface area contributed by atoms with Crippen molar-refractivity contribution in [3.05, 3.63) is 224 Å². The first-order chi connectivity index (χ1) is 28.2. The molecule has 0 N–H and O–H groups in total. The van der Waals surface area contributed by atoms with Gasteiger partial charge in [-0.25, -0.2) is 0 Å². The van der Waals surface area contributed by atoms with Gasteiger partial charge >= 0.3 is 0 Å². The van der Waals surface area contributed by atoms with E-state index in [9.17, 15) is 0 Å². The second-order valence-electron chi connectivity index (χ2n) is 14.9. The fraction of sp³-hybridized carbons (Fsp3) is 0. The zero-order valence-electron chi connectivity index (χ0n) is 31.3. The van der Waals surface area contributed by atoms with Crippen molar-refractivity contribution in [3.63, 3.8) is 0 Å². The van der Waals surface area contributed by atoms with Crippen LogP contribution in [0, 0.1) is 0 Å². The molecule has 11 rings (SSSR count). The summed E-state index contributed by atoms with van der Waals surface area (Å²) in [5.74, 6) is 0. The lowest BCUT2D eigenvalue weighted by atomic mass is 9.89. The summed E-state index contributed by atoms with van der Waals surface area (Å²) in [6.45, 7) is 0. The second kappa shape index (κ2) is 13.7. The molecule has 1 heteroatoms. The van der Waals surface area contributed by atoms with Crippen LogP contribution in [-0.2, 0) is 0 Å². The van der Waals surface area contributed by atoms with Gasteiger partial charge in [0.15, 0.2) is 0 Å². The van der Waals surface area contributed by atoms with Crippen LogP contribution in [0.5, 0.6) is 0 Å². The molecule has 11 aromatic carbocycles.